The van der Waals surface area contributed by atoms with Gasteiger partial charge in [0.25, 0.3) is 0 Å². The highest BCUT2D eigenvalue weighted by Gasteiger charge is 2.13. The molecule has 0 saturated heterocycles. The molecular weight excluding hydrogens is 234 g/mol. The van der Waals surface area contributed by atoms with Crippen LogP contribution in [-0.2, 0) is 18.5 Å². The first-order chi connectivity index (χ1) is 7.47. The third-order valence-electron chi connectivity index (χ3n) is 1.61. The number of carbonyl (C=O) groups is 2. The maximum Gasteiger partial charge on any atom is 0.335 e. The van der Waals surface area contributed by atoms with E-state index in [1.165, 1.54) is 6.92 Å². The molecule has 1 unspecified atom stereocenters. The number of nitrogens with two attached hydrogens (primary N) is 1. The van der Waals surface area contributed by atoms with Gasteiger partial charge >= 0.3 is 11.9 Å². The monoisotopic (exact) mass is 251 g/mol. The number of ether oxygens (including phenoxy) is 1. The molecule has 94 valence electrons. The third-order valence-corrected chi connectivity index (χ3v) is 2.11. The van der Waals surface area contributed by atoms with Crippen molar-refractivity contribution in [3.63, 3.8) is 0 Å². The summed E-state index contributed by atoms with van der Waals surface area (Å²) in [4.78, 5) is 22.0. The Morgan fingerprint density at radius 2 is 2.12 bits per heavy atom. The Morgan fingerprint density at radius 3 is 2.62 bits per heavy atom. The van der Waals surface area contributed by atoms with Gasteiger partial charge in [0.1, 0.15) is 18.1 Å². The van der Waals surface area contributed by atoms with Crippen molar-refractivity contribution in [3.05, 3.63) is 0 Å². The molecule has 0 aromatic rings. The fourth-order valence-corrected chi connectivity index (χ4v) is 1.17. The van der Waals surface area contributed by atoms with Crippen molar-refractivity contribution in [2.24, 2.45) is 5.73 Å². The Bertz CT molecular complexity index is 234. The molecule has 7 heteroatoms. The van der Waals surface area contributed by atoms with Crippen LogP contribution in [0.25, 0.3) is 0 Å². The fourth-order valence-electron chi connectivity index (χ4n) is 0.701. The highest BCUT2D eigenvalue weighted by Crippen LogP contribution is 2.06. The standard InChI is InChI=1S/C9H17NO5S/c1-3-7(10)9(13)15-16-5-14-8(12)4-6(2)11/h6-7,11H,3-5,10H2,1-2H3/t6?,7-/m0/s1. The van der Waals surface area contributed by atoms with Crippen LogP contribution in [-0.4, -0.2) is 35.1 Å². The van der Waals surface area contributed by atoms with Gasteiger partial charge in [0.15, 0.2) is 5.94 Å². The van der Waals surface area contributed by atoms with Gasteiger partial charge in [0.2, 0.25) is 0 Å². The Labute approximate surface area is 98.7 Å². The number of hydrogen-bond donors (Lipinski definition) is 2. The summed E-state index contributed by atoms with van der Waals surface area (Å²) in [6.07, 6.45) is -0.335. The minimum absolute atomic E-state index is 0.0804. The minimum Gasteiger partial charge on any atom is -0.451 e. The van der Waals surface area contributed by atoms with Crippen LogP contribution in [0.15, 0.2) is 0 Å². The van der Waals surface area contributed by atoms with Gasteiger partial charge in [-0.1, -0.05) is 6.92 Å². The second kappa shape index (κ2) is 8.37. The summed E-state index contributed by atoms with van der Waals surface area (Å²) in [5.41, 5.74) is 5.40. The molecule has 0 aliphatic rings. The highest BCUT2D eigenvalue weighted by molar-refractivity contribution is 7.94. The third kappa shape index (κ3) is 7.49. The first kappa shape index (κ1) is 15.2. The van der Waals surface area contributed by atoms with E-state index in [9.17, 15) is 9.59 Å². The van der Waals surface area contributed by atoms with Crippen LogP contribution in [0.4, 0.5) is 0 Å². The molecule has 0 amide bonds. The molecule has 0 aliphatic heterocycles. The summed E-state index contributed by atoms with van der Waals surface area (Å²) in [5, 5.41) is 8.86. The van der Waals surface area contributed by atoms with Crippen molar-refractivity contribution < 1.29 is 23.6 Å². The van der Waals surface area contributed by atoms with Gasteiger partial charge in [0, 0.05) is 0 Å². The Hall–Kier alpha value is -0.790. The molecule has 0 heterocycles. The SMILES string of the molecule is CC[C@H](N)C(=O)OSCOC(=O)CC(C)O. The Balaban J connectivity index is 3.53. The van der Waals surface area contributed by atoms with E-state index >= 15 is 0 Å². The van der Waals surface area contributed by atoms with Crippen molar-refractivity contribution in [1.82, 2.24) is 0 Å². The lowest BCUT2D eigenvalue weighted by Crippen LogP contribution is -2.30. The molecule has 6 nitrogen and oxygen atoms in total. The van der Waals surface area contributed by atoms with Gasteiger partial charge in [-0.3, -0.25) is 4.79 Å². The summed E-state index contributed by atoms with van der Waals surface area (Å²) in [6, 6.07) is -0.652. The molecule has 0 spiro atoms. The topological polar surface area (TPSA) is 98.9 Å². The number of esters is 1. The van der Waals surface area contributed by atoms with Crippen molar-refractivity contribution in [3.8, 4) is 0 Å². The van der Waals surface area contributed by atoms with Gasteiger partial charge in [-0.25, -0.2) is 4.79 Å². The van der Waals surface area contributed by atoms with E-state index in [2.05, 4.69) is 8.92 Å². The molecule has 16 heavy (non-hydrogen) atoms. The molecule has 0 saturated carbocycles. The van der Waals surface area contributed by atoms with E-state index in [4.69, 9.17) is 10.8 Å². The van der Waals surface area contributed by atoms with E-state index in [0.29, 0.717) is 18.5 Å². The number of carbonyl (C=O) groups excluding carboxylic acids is 2. The van der Waals surface area contributed by atoms with E-state index in [0.717, 1.165) is 0 Å². The van der Waals surface area contributed by atoms with E-state index in [1.54, 1.807) is 6.92 Å². The van der Waals surface area contributed by atoms with Crippen LogP contribution in [0.1, 0.15) is 26.7 Å². The lowest BCUT2D eigenvalue weighted by Gasteiger charge is -2.08. The summed E-state index contributed by atoms with van der Waals surface area (Å²) in [5.74, 6) is -1.19. The molecule has 0 aromatic heterocycles. The average Bonchev–Trinajstić information content (AvgIpc) is 2.21. The van der Waals surface area contributed by atoms with Crippen LogP contribution in [0, 0.1) is 0 Å². The van der Waals surface area contributed by atoms with Crippen molar-refractivity contribution in [1.29, 1.82) is 0 Å². The summed E-state index contributed by atoms with van der Waals surface area (Å²) in [7, 11) is 0. The molecule has 0 fully saturated rings. The number of rotatable bonds is 7. The zero-order chi connectivity index (χ0) is 12.6. The van der Waals surface area contributed by atoms with Gasteiger partial charge < -0.3 is 19.8 Å². The molecule has 0 aliphatic carbocycles. The maximum absolute atomic E-state index is 11.0. The zero-order valence-electron chi connectivity index (χ0n) is 9.34. The molecule has 0 aromatic carbocycles. The smallest absolute Gasteiger partial charge is 0.335 e. The lowest BCUT2D eigenvalue weighted by atomic mass is 10.2. The summed E-state index contributed by atoms with van der Waals surface area (Å²) in [6.45, 7) is 3.24. The van der Waals surface area contributed by atoms with Crippen molar-refractivity contribution in [2.75, 3.05) is 5.94 Å². The second-order valence-corrected chi connectivity index (χ2v) is 3.86. The minimum atomic E-state index is -0.742. The van der Waals surface area contributed by atoms with E-state index < -0.39 is 24.1 Å². The van der Waals surface area contributed by atoms with Crippen LogP contribution in [0.5, 0.6) is 0 Å². The Morgan fingerprint density at radius 1 is 1.50 bits per heavy atom. The summed E-state index contributed by atoms with van der Waals surface area (Å²) >= 11 is 0.706. The van der Waals surface area contributed by atoms with Crippen molar-refractivity contribution in [2.45, 2.75) is 38.8 Å². The molecule has 0 rings (SSSR count). The molecule has 0 bridgehead atoms. The average molecular weight is 251 g/mol. The molecule has 3 N–H and O–H groups in total. The lowest BCUT2D eigenvalue weighted by molar-refractivity contribution is -0.144. The van der Waals surface area contributed by atoms with Crippen LogP contribution < -0.4 is 5.73 Å². The molecular formula is C9H17NO5S. The number of aliphatic hydroxyl groups is 1. The quantitative estimate of drug-likeness (QED) is 0.288. The predicted molar refractivity (Wildman–Crippen MR) is 59.2 cm³/mol. The van der Waals surface area contributed by atoms with Gasteiger partial charge in [-0.2, -0.15) is 0 Å². The van der Waals surface area contributed by atoms with E-state index in [1.807, 2.05) is 0 Å². The maximum atomic E-state index is 11.0. The normalized spacial score (nSPS) is 14.0. The van der Waals surface area contributed by atoms with Crippen molar-refractivity contribution >= 4 is 24.0 Å². The fraction of sp³-hybridized carbons (Fsp3) is 0.778. The zero-order valence-corrected chi connectivity index (χ0v) is 10.2. The molecule has 2 atom stereocenters. The number of hydrogen-bond acceptors (Lipinski definition) is 7. The van der Waals surface area contributed by atoms with Crippen LogP contribution in [0.3, 0.4) is 0 Å². The first-order valence-corrected chi connectivity index (χ1v) is 5.81. The van der Waals surface area contributed by atoms with Gasteiger partial charge in [0.05, 0.1) is 12.5 Å². The van der Waals surface area contributed by atoms with Gasteiger partial charge in [-0.05, 0) is 13.3 Å². The molecule has 0 radical (unpaired) electrons. The van der Waals surface area contributed by atoms with Crippen LogP contribution in [0.2, 0.25) is 0 Å². The largest absolute Gasteiger partial charge is 0.451 e. The summed E-state index contributed by atoms with van der Waals surface area (Å²) < 4.78 is 9.33. The highest BCUT2D eigenvalue weighted by atomic mass is 32.2. The Kier molecular flexibility index (Phi) is 7.96. The van der Waals surface area contributed by atoms with E-state index in [-0.39, 0.29) is 12.4 Å². The van der Waals surface area contributed by atoms with Gasteiger partial charge in [-0.15, -0.1) is 0 Å². The second-order valence-electron chi connectivity index (χ2n) is 3.22. The van der Waals surface area contributed by atoms with Crippen LogP contribution >= 0.6 is 12.0 Å². The number of aliphatic hydroxyl groups excluding tert-OH is 1. The predicted octanol–water partition coefficient (Wildman–Crippen LogP) is 0.187. The first-order valence-electron chi connectivity index (χ1n) is 4.90.